The molecule has 0 saturated heterocycles. The first-order valence-electron chi connectivity index (χ1n) is 9.48. The zero-order valence-electron chi connectivity index (χ0n) is 16.9. The van der Waals surface area contributed by atoms with Gasteiger partial charge in [0.1, 0.15) is 17.2 Å². The average molecular weight is 485 g/mol. The van der Waals surface area contributed by atoms with Gasteiger partial charge in [0, 0.05) is 17.2 Å². The van der Waals surface area contributed by atoms with Gasteiger partial charge in [-0.25, -0.2) is 9.67 Å². The van der Waals surface area contributed by atoms with Crippen molar-refractivity contribution in [3.8, 4) is 11.7 Å². The topological polar surface area (TPSA) is 83.0 Å². The summed E-state index contributed by atoms with van der Waals surface area (Å²) in [5.41, 5.74) is 4.71. The monoisotopic (exact) mass is 484 g/mol. The molecule has 0 spiro atoms. The van der Waals surface area contributed by atoms with E-state index in [-0.39, 0.29) is 35.3 Å². The van der Waals surface area contributed by atoms with Crippen LogP contribution < -0.4 is 10.5 Å². The average Bonchev–Trinajstić information content (AvgIpc) is 3.39. The maximum absolute atomic E-state index is 12.8. The van der Waals surface area contributed by atoms with E-state index < -0.39 is 24.1 Å². The first-order valence-corrected chi connectivity index (χ1v) is 10.3. The zero-order valence-corrected chi connectivity index (χ0v) is 18.6. The third kappa shape index (κ3) is 5.74. The van der Waals surface area contributed by atoms with E-state index in [1.54, 1.807) is 0 Å². The number of ether oxygens (including phenoxy) is 1. The highest BCUT2D eigenvalue weighted by atomic mass is 35.5. The van der Waals surface area contributed by atoms with Gasteiger partial charge in [0.25, 0.3) is 5.91 Å². The fourth-order valence-electron chi connectivity index (χ4n) is 2.67. The molecule has 1 saturated carbocycles. The number of nitrogens with two attached hydrogens (primary N) is 1. The largest absolute Gasteiger partial charge is 0.476 e. The predicted octanol–water partition coefficient (Wildman–Crippen LogP) is 5.02. The number of primary amides is 1. The van der Waals surface area contributed by atoms with Gasteiger partial charge in [-0.2, -0.15) is 13.2 Å². The van der Waals surface area contributed by atoms with Crippen molar-refractivity contribution in [2.75, 3.05) is 6.61 Å². The number of carbonyl (C=O) groups is 1. The Labute approximate surface area is 192 Å². The van der Waals surface area contributed by atoms with Gasteiger partial charge < -0.3 is 10.5 Å². The molecule has 170 valence electrons. The highest BCUT2D eigenvalue weighted by Crippen LogP contribution is 2.57. The minimum Gasteiger partial charge on any atom is -0.476 e. The number of hydrogen-bond donors (Lipinski definition) is 2. The highest BCUT2D eigenvalue weighted by Gasteiger charge is 2.64. The predicted molar refractivity (Wildman–Crippen MR) is 117 cm³/mol. The molecule has 1 fully saturated rings. The maximum Gasteiger partial charge on any atom is 0.397 e. The quantitative estimate of drug-likeness (QED) is 0.393. The van der Waals surface area contributed by atoms with Crippen molar-refractivity contribution in [2.24, 2.45) is 11.1 Å². The van der Waals surface area contributed by atoms with Crippen LogP contribution in [-0.2, 0) is 0 Å². The number of carbonyl (C=O) groups excluding carboxylic acids is 1. The van der Waals surface area contributed by atoms with Crippen LogP contribution in [-0.4, -0.2) is 33.5 Å². The van der Waals surface area contributed by atoms with Crippen LogP contribution >= 0.6 is 24.2 Å². The molecule has 1 amide bonds. The number of thiol groups is 1. The van der Waals surface area contributed by atoms with Crippen LogP contribution in [0.4, 0.5) is 13.2 Å². The van der Waals surface area contributed by atoms with Gasteiger partial charge in [-0.1, -0.05) is 29.3 Å². The standard InChI is InChI=1S/C14H12ClF3N4O2.C7H8S/c15-11-8(12(19)23)1-2-9(20-11)22-6-3-10(21-22)24-7-13(4-5-13)14(16,17)18;1-6-2-4-7(8)5-3-6/h1-3,6H,4-5,7H2,(H2,19,23);2-5,8H,1H3. The van der Waals surface area contributed by atoms with Crippen molar-refractivity contribution >= 4 is 30.1 Å². The van der Waals surface area contributed by atoms with Gasteiger partial charge in [0.05, 0.1) is 5.56 Å². The summed E-state index contributed by atoms with van der Waals surface area (Å²) < 4.78 is 45.0. The molecule has 0 bridgehead atoms. The van der Waals surface area contributed by atoms with E-state index >= 15 is 0 Å². The molecular weight excluding hydrogens is 465 g/mol. The number of benzene rings is 1. The van der Waals surface area contributed by atoms with E-state index in [4.69, 9.17) is 22.1 Å². The fraction of sp³-hybridized carbons (Fsp3) is 0.286. The lowest BCUT2D eigenvalue weighted by Gasteiger charge is -2.18. The summed E-state index contributed by atoms with van der Waals surface area (Å²) >= 11 is 9.98. The van der Waals surface area contributed by atoms with Crippen molar-refractivity contribution < 1.29 is 22.7 Å². The number of rotatable bonds is 5. The molecule has 1 aliphatic rings. The molecule has 0 radical (unpaired) electrons. The normalized spacial score (nSPS) is 14.3. The van der Waals surface area contributed by atoms with Crippen molar-refractivity contribution in [2.45, 2.75) is 30.8 Å². The molecule has 11 heteroatoms. The lowest BCUT2D eigenvalue weighted by molar-refractivity contribution is -0.194. The number of hydrogen-bond acceptors (Lipinski definition) is 5. The Bertz CT molecular complexity index is 1080. The second-order valence-corrected chi connectivity index (χ2v) is 8.25. The van der Waals surface area contributed by atoms with E-state index in [1.807, 2.05) is 24.3 Å². The molecule has 3 aromatic rings. The Morgan fingerprint density at radius 1 is 1.22 bits per heavy atom. The molecule has 0 aliphatic heterocycles. The summed E-state index contributed by atoms with van der Waals surface area (Å²) in [7, 11) is 0. The molecule has 1 aliphatic carbocycles. The van der Waals surface area contributed by atoms with E-state index in [1.165, 1.54) is 34.6 Å². The summed E-state index contributed by atoms with van der Waals surface area (Å²) in [5.74, 6) is -0.398. The SMILES string of the molecule is Cc1ccc(S)cc1.NC(=O)c1ccc(-n2ccc(OCC3(C(F)(F)F)CC3)n2)nc1Cl. The Morgan fingerprint density at radius 2 is 1.88 bits per heavy atom. The summed E-state index contributed by atoms with van der Waals surface area (Å²) in [4.78, 5) is 16.1. The van der Waals surface area contributed by atoms with Gasteiger partial charge in [0.15, 0.2) is 5.82 Å². The Morgan fingerprint density at radius 3 is 2.38 bits per heavy atom. The van der Waals surface area contributed by atoms with Crippen molar-refractivity contribution in [3.63, 3.8) is 0 Å². The summed E-state index contributed by atoms with van der Waals surface area (Å²) in [6.45, 7) is 1.59. The second kappa shape index (κ2) is 9.41. The molecule has 2 heterocycles. The van der Waals surface area contributed by atoms with Crippen LogP contribution in [0.25, 0.3) is 5.82 Å². The summed E-state index contributed by atoms with van der Waals surface area (Å²) in [6, 6.07) is 12.3. The molecule has 1 aromatic carbocycles. The number of pyridine rings is 1. The minimum atomic E-state index is -4.28. The van der Waals surface area contributed by atoms with Gasteiger partial charge >= 0.3 is 6.18 Å². The molecule has 2 N–H and O–H groups in total. The van der Waals surface area contributed by atoms with Crippen molar-refractivity contribution in [1.82, 2.24) is 14.8 Å². The molecule has 0 unspecified atom stereocenters. The van der Waals surface area contributed by atoms with Gasteiger partial charge in [0.2, 0.25) is 5.88 Å². The Hall–Kier alpha value is -2.72. The number of halogens is 4. The number of aryl methyl sites for hydroxylation is 1. The molecule has 4 rings (SSSR count). The zero-order chi connectivity index (χ0) is 23.5. The van der Waals surface area contributed by atoms with Crippen LogP contribution in [0.1, 0.15) is 28.8 Å². The van der Waals surface area contributed by atoms with Crippen LogP contribution in [0.5, 0.6) is 5.88 Å². The first-order chi connectivity index (χ1) is 15.0. The first kappa shape index (κ1) is 23.9. The molecule has 32 heavy (non-hydrogen) atoms. The molecule has 0 atom stereocenters. The van der Waals surface area contributed by atoms with Gasteiger partial charge in [-0.05, 0) is 44.0 Å². The fourth-order valence-corrected chi connectivity index (χ4v) is 3.06. The number of amides is 1. The van der Waals surface area contributed by atoms with Crippen LogP contribution in [0, 0.1) is 12.3 Å². The van der Waals surface area contributed by atoms with E-state index in [0.717, 1.165) is 4.90 Å². The minimum absolute atomic E-state index is 0.0439. The van der Waals surface area contributed by atoms with E-state index in [9.17, 15) is 18.0 Å². The van der Waals surface area contributed by atoms with Gasteiger partial charge in [-0.3, -0.25) is 4.79 Å². The number of nitrogens with zero attached hydrogens (tertiary/aromatic N) is 3. The van der Waals surface area contributed by atoms with Crippen molar-refractivity contribution in [3.05, 3.63) is 64.9 Å². The van der Waals surface area contributed by atoms with E-state index in [2.05, 4.69) is 29.6 Å². The third-order valence-corrected chi connectivity index (χ3v) is 5.47. The molecule has 6 nitrogen and oxygen atoms in total. The summed E-state index contributed by atoms with van der Waals surface area (Å²) in [5, 5.41) is 3.91. The molecule has 2 aromatic heterocycles. The molecular formula is C21H20ClF3N4O2S. The van der Waals surface area contributed by atoms with Crippen LogP contribution in [0.2, 0.25) is 5.15 Å². The Kier molecular flexibility index (Phi) is 7.04. The smallest absolute Gasteiger partial charge is 0.397 e. The van der Waals surface area contributed by atoms with E-state index in [0.29, 0.717) is 0 Å². The van der Waals surface area contributed by atoms with Crippen LogP contribution in [0.15, 0.2) is 53.6 Å². The third-order valence-electron chi connectivity index (χ3n) is 4.88. The summed E-state index contributed by atoms with van der Waals surface area (Å²) in [6.07, 6.45) is -2.70. The van der Waals surface area contributed by atoms with Crippen LogP contribution in [0.3, 0.4) is 0 Å². The Balaban J connectivity index is 0.000000305. The highest BCUT2D eigenvalue weighted by molar-refractivity contribution is 7.80. The lowest BCUT2D eigenvalue weighted by atomic mass is 10.1. The lowest BCUT2D eigenvalue weighted by Crippen LogP contribution is -2.30. The second-order valence-electron chi connectivity index (χ2n) is 7.37. The number of alkyl halides is 3. The number of aromatic nitrogens is 3. The van der Waals surface area contributed by atoms with Crippen molar-refractivity contribution in [1.29, 1.82) is 0 Å². The van der Waals surface area contributed by atoms with Gasteiger partial charge in [-0.15, -0.1) is 17.7 Å². The maximum atomic E-state index is 12.8.